The van der Waals surface area contributed by atoms with E-state index >= 15 is 0 Å². The maximum Gasteiger partial charge on any atom is 0.244 e. The molecule has 0 saturated heterocycles. The predicted molar refractivity (Wildman–Crippen MR) is 140 cm³/mol. The van der Waals surface area contributed by atoms with Crippen molar-refractivity contribution in [3.63, 3.8) is 0 Å². The molecule has 2 rings (SSSR count). The van der Waals surface area contributed by atoms with Crippen LogP contribution in [0.2, 0.25) is 10.0 Å². The number of nitrogens with zero attached hydrogens (tertiary/aromatic N) is 2. The molecule has 192 valence electrons. The van der Waals surface area contributed by atoms with Crippen LogP contribution >= 0.6 is 23.2 Å². The molecule has 0 aliphatic rings. The summed E-state index contributed by atoms with van der Waals surface area (Å²) in [5, 5.41) is 3.27. The van der Waals surface area contributed by atoms with Crippen LogP contribution in [0.25, 0.3) is 0 Å². The second kappa shape index (κ2) is 12.5. The molecule has 2 aromatic rings. The summed E-state index contributed by atoms with van der Waals surface area (Å²) < 4.78 is 31.3. The van der Waals surface area contributed by atoms with E-state index in [1.54, 1.807) is 38.3 Å². The Morgan fingerprint density at radius 3 is 2.26 bits per heavy atom. The Kier molecular flexibility index (Phi) is 10.2. The van der Waals surface area contributed by atoms with Crippen LogP contribution in [0.4, 0.5) is 5.69 Å². The number of carbonyl (C=O) groups excluding carboxylic acids is 2. The first-order chi connectivity index (χ1) is 16.4. The summed E-state index contributed by atoms with van der Waals surface area (Å²) >= 11 is 12.3. The van der Waals surface area contributed by atoms with E-state index in [1.807, 2.05) is 13.8 Å². The van der Waals surface area contributed by atoms with Crippen molar-refractivity contribution in [2.45, 2.75) is 45.8 Å². The highest BCUT2D eigenvalue weighted by Gasteiger charge is 2.31. The van der Waals surface area contributed by atoms with Gasteiger partial charge in [-0.1, -0.05) is 42.3 Å². The SMILES string of the molecule is CCC(C)NC(=O)C(C)N(Cc1ccc(OC)cc1)C(=O)CN(c1cc(Cl)ccc1Cl)S(C)(=O)=O. The number of benzene rings is 2. The summed E-state index contributed by atoms with van der Waals surface area (Å²) in [5.74, 6) is -0.268. The van der Waals surface area contributed by atoms with Crippen molar-refractivity contribution in [2.24, 2.45) is 0 Å². The normalized spacial score (nSPS) is 13.0. The molecule has 2 aromatic carbocycles. The van der Waals surface area contributed by atoms with Gasteiger partial charge in [-0.05, 0) is 56.2 Å². The molecule has 0 bridgehead atoms. The van der Waals surface area contributed by atoms with E-state index in [2.05, 4.69) is 5.32 Å². The zero-order valence-electron chi connectivity index (χ0n) is 20.4. The third-order valence-corrected chi connectivity index (χ3v) is 7.22. The van der Waals surface area contributed by atoms with Gasteiger partial charge in [0.05, 0.1) is 24.1 Å². The van der Waals surface area contributed by atoms with Gasteiger partial charge in [0.25, 0.3) is 0 Å². The van der Waals surface area contributed by atoms with Gasteiger partial charge in [0.2, 0.25) is 21.8 Å². The molecule has 8 nitrogen and oxygen atoms in total. The van der Waals surface area contributed by atoms with Crippen molar-refractivity contribution in [3.8, 4) is 5.75 Å². The van der Waals surface area contributed by atoms with E-state index < -0.39 is 28.5 Å². The number of hydrogen-bond donors (Lipinski definition) is 1. The van der Waals surface area contributed by atoms with Gasteiger partial charge < -0.3 is 15.0 Å². The first kappa shape index (κ1) is 28.7. The standard InChI is InChI=1S/C24H31Cl2N3O5S/c1-6-16(2)27-24(31)17(3)28(14-18-7-10-20(34-4)11-8-18)23(30)15-29(35(5,32)33)22-13-19(25)9-12-21(22)26/h7-13,16-17H,6,14-15H2,1-5H3,(H,27,31). The highest BCUT2D eigenvalue weighted by Crippen LogP contribution is 2.31. The molecule has 2 atom stereocenters. The Labute approximate surface area is 217 Å². The van der Waals surface area contributed by atoms with Gasteiger partial charge in [0, 0.05) is 17.6 Å². The second-order valence-corrected chi connectivity index (χ2v) is 11.0. The molecule has 0 heterocycles. The number of carbonyl (C=O) groups is 2. The minimum atomic E-state index is -3.91. The Hall–Kier alpha value is -2.49. The maximum atomic E-state index is 13.5. The van der Waals surface area contributed by atoms with E-state index in [-0.39, 0.29) is 34.2 Å². The van der Waals surface area contributed by atoms with Gasteiger partial charge in [0.15, 0.2) is 0 Å². The summed E-state index contributed by atoms with van der Waals surface area (Å²) in [7, 11) is -2.36. The predicted octanol–water partition coefficient (Wildman–Crippen LogP) is 4.10. The number of methoxy groups -OCH3 is 1. The van der Waals surface area contributed by atoms with Crippen molar-refractivity contribution in [1.29, 1.82) is 0 Å². The summed E-state index contributed by atoms with van der Waals surface area (Å²) in [4.78, 5) is 27.8. The van der Waals surface area contributed by atoms with Gasteiger partial charge in [-0.15, -0.1) is 0 Å². The van der Waals surface area contributed by atoms with Crippen molar-refractivity contribution in [1.82, 2.24) is 10.2 Å². The molecule has 0 aliphatic carbocycles. The number of ether oxygens (including phenoxy) is 1. The summed E-state index contributed by atoms with van der Waals surface area (Å²) in [6.45, 7) is 4.94. The lowest BCUT2D eigenvalue weighted by molar-refractivity contribution is -0.139. The zero-order chi connectivity index (χ0) is 26.3. The number of halogens is 2. The third kappa shape index (κ3) is 8.02. The lowest BCUT2D eigenvalue weighted by Gasteiger charge is -2.32. The lowest BCUT2D eigenvalue weighted by Crippen LogP contribution is -2.52. The Balaban J connectivity index is 2.42. The van der Waals surface area contributed by atoms with Gasteiger partial charge in [0.1, 0.15) is 18.3 Å². The lowest BCUT2D eigenvalue weighted by atomic mass is 10.1. The monoisotopic (exact) mass is 543 g/mol. The van der Waals surface area contributed by atoms with Gasteiger partial charge in [-0.25, -0.2) is 8.42 Å². The fourth-order valence-electron chi connectivity index (χ4n) is 3.25. The molecule has 1 N–H and O–H groups in total. The Morgan fingerprint density at radius 2 is 1.71 bits per heavy atom. The summed E-state index contributed by atoms with van der Waals surface area (Å²) in [6.07, 6.45) is 1.70. The van der Waals surface area contributed by atoms with Crippen LogP contribution in [-0.2, 0) is 26.2 Å². The Morgan fingerprint density at radius 1 is 1.09 bits per heavy atom. The van der Waals surface area contributed by atoms with Crippen LogP contribution in [0.5, 0.6) is 5.75 Å². The summed E-state index contributed by atoms with van der Waals surface area (Å²) in [5.41, 5.74) is 0.824. The van der Waals surface area contributed by atoms with Crippen LogP contribution in [0.1, 0.15) is 32.8 Å². The van der Waals surface area contributed by atoms with Crippen molar-refractivity contribution >= 4 is 50.7 Å². The molecule has 0 saturated carbocycles. The van der Waals surface area contributed by atoms with Crippen LogP contribution in [0.15, 0.2) is 42.5 Å². The first-order valence-electron chi connectivity index (χ1n) is 11.0. The molecule has 0 aromatic heterocycles. The molecule has 2 amide bonds. The van der Waals surface area contributed by atoms with Crippen molar-refractivity contribution in [2.75, 3.05) is 24.2 Å². The molecule has 35 heavy (non-hydrogen) atoms. The number of amides is 2. The van der Waals surface area contributed by atoms with E-state index in [9.17, 15) is 18.0 Å². The highest BCUT2D eigenvalue weighted by atomic mass is 35.5. The van der Waals surface area contributed by atoms with Crippen LogP contribution in [-0.4, -0.2) is 57.1 Å². The quantitative estimate of drug-likeness (QED) is 0.460. The number of hydrogen-bond acceptors (Lipinski definition) is 5. The van der Waals surface area contributed by atoms with E-state index in [0.29, 0.717) is 5.75 Å². The molecule has 0 radical (unpaired) electrons. The van der Waals surface area contributed by atoms with Crippen LogP contribution in [0.3, 0.4) is 0 Å². The second-order valence-electron chi connectivity index (χ2n) is 8.23. The topological polar surface area (TPSA) is 96.0 Å². The molecule has 11 heteroatoms. The number of anilines is 1. The van der Waals surface area contributed by atoms with Crippen LogP contribution < -0.4 is 14.4 Å². The smallest absolute Gasteiger partial charge is 0.244 e. The summed E-state index contributed by atoms with van der Waals surface area (Å²) in [6, 6.07) is 10.5. The average Bonchev–Trinajstić information content (AvgIpc) is 2.81. The minimum absolute atomic E-state index is 0.0797. The number of nitrogens with one attached hydrogen (secondary N) is 1. The highest BCUT2D eigenvalue weighted by molar-refractivity contribution is 7.92. The van der Waals surface area contributed by atoms with E-state index in [0.717, 1.165) is 22.5 Å². The minimum Gasteiger partial charge on any atom is -0.497 e. The molecular formula is C24H31Cl2N3O5S. The van der Waals surface area contributed by atoms with Gasteiger partial charge in [-0.2, -0.15) is 0 Å². The molecule has 2 unspecified atom stereocenters. The fourth-order valence-corrected chi connectivity index (χ4v) is 4.54. The van der Waals surface area contributed by atoms with E-state index in [1.165, 1.54) is 23.1 Å². The molecular weight excluding hydrogens is 513 g/mol. The molecule has 0 spiro atoms. The van der Waals surface area contributed by atoms with E-state index in [4.69, 9.17) is 27.9 Å². The first-order valence-corrected chi connectivity index (χ1v) is 13.6. The van der Waals surface area contributed by atoms with Crippen LogP contribution in [0, 0.1) is 0 Å². The number of sulfonamides is 1. The number of rotatable bonds is 11. The Bertz CT molecular complexity index is 1140. The van der Waals surface area contributed by atoms with Crippen molar-refractivity contribution in [3.05, 3.63) is 58.1 Å². The fraction of sp³-hybridized carbons (Fsp3) is 0.417. The zero-order valence-corrected chi connectivity index (χ0v) is 22.7. The largest absolute Gasteiger partial charge is 0.497 e. The maximum absolute atomic E-state index is 13.5. The van der Waals surface area contributed by atoms with Gasteiger partial charge in [-0.3, -0.25) is 13.9 Å². The molecule has 0 aliphatic heterocycles. The molecule has 0 fully saturated rings. The average molecular weight is 545 g/mol. The third-order valence-electron chi connectivity index (χ3n) is 5.54. The van der Waals surface area contributed by atoms with Crippen molar-refractivity contribution < 1.29 is 22.7 Å². The van der Waals surface area contributed by atoms with Gasteiger partial charge >= 0.3 is 0 Å².